The molecule has 2 rings (SSSR count). The van der Waals surface area contributed by atoms with Gasteiger partial charge in [0.05, 0.1) is 6.04 Å². The molecule has 1 fully saturated rings. The normalized spacial score (nSPS) is 19.3. The molecule has 4 heteroatoms. The number of likely N-dealkylation sites (tertiary alicyclic amines) is 1. The van der Waals surface area contributed by atoms with Gasteiger partial charge in [0, 0.05) is 13.1 Å². The lowest BCUT2D eigenvalue weighted by Gasteiger charge is -2.39. The van der Waals surface area contributed by atoms with Crippen molar-refractivity contribution in [3.05, 3.63) is 29.8 Å². The predicted molar refractivity (Wildman–Crippen MR) is 84.0 cm³/mol. The summed E-state index contributed by atoms with van der Waals surface area (Å²) >= 11 is 0. The zero-order chi connectivity index (χ0) is 15.5. The number of aromatic hydroxyl groups is 1. The number of phenolic OH excluding ortho intramolecular Hbond substituents is 1. The second-order valence-electron chi connectivity index (χ2n) is 6.47. The van der Waals surface area contributed by atoms with Gasteiger partial charge in [0.25, 0.3) is 0 Å². The largest absolute Gasteiger partial charge is 0.508 e. The summed E-state index contributed by atoms with van der Waals surface area (Å²) in [7, 11) is 0. The van der Waals surface area contributed by atoms with E-state index in [9.17, 15) is 9.90 Å². The molecule has 0 saturated carbocycles. The van der Waals surface area contributed by atoms with Crippen molar-refractivity contribution >= 4 is 5.91 Å². The standard InChI is InChI=1S/C17H26N2O2/c1-3-17(2)8-10-19(11-9-17)16(21)15(18)12-13-4-6-14(20)7-5-13/h4-7,15,20H,3,8-12,18H2,1-2H3/t15-/m0/s1. The molecule has 1 aliphatic rings. The molecule has 0 spiro atoms. The quantitative estimate of drug-likeness (QED) is 0.894. The number of nitrogens with zero attached hydrogens (tertiary/aromatic N) is 1. The Morgan fingerprint density at radius 1 is 1.33 bits per heavy atom. The van der Waals surface area contributed by atoms with E-state index in [0.717, 1.165) is 37.9 Å². The minimum atomic E-state index is -0.500. The third kappa shape index (κ3) is 3.97. The van der Waals surface area contributed by atoms with Crippen LogP contribution >= 0.6 is 0 Å². The molecule has 1 saturated heterocycles. The molecule has 21 heavy (non-hydrogen) atoms. The summed E-state index contributed by atoms with van der Waals surface area (Å²) in [6.45, 7) is 6.14. The summed E-state index contributed by atoms with van der Waals surface area (Å²) in [5.41, 5.74) is 7.41. The number of carbonyl (C=O) groups is 1. The highest BCUT2D eigenvalue weighted by molar-refractivity contribution is 5.82. The number of benzene rings is 1. The Kier molecular flexibility index (Phi) is 4.88. The van der Waals surface area contributed by atoms with Gasteiger partial charge in [0.15, 0.2) is 0 Å². The molecule has 1 aliphatic heterocycles. The number of hydrogen-bond donors (Lipinski definition) is 2. The van der Waals surface area contributed by atoms with Gasteiger partial charge in [0.1, 0.15) is 5.75 Å². The summed E-state index contributed by atoms with van der Waals surface area (Å²) in [5, 5.41) is 9.27. The van der Waals surface area contributed by atoms with Crippen LogP contribution in [0.3, 0.4) is 0 Å². The minimum absolute atomic E-state index is 0.0428. The average molecular weight is 290 g/mol. The lowest BCUT2D eigenvalue weighted by molar-refractivity contribution is -0.134. The van der Waals surface area contributed by atoms with E-state index in [1.54, 1.807) is 12.1 Å². The highest BCUT2D eigenvalue weighted by Gasteiger charge is 2.31. The number of hydrogen-bond acceptors (Lipinski definition) is 3. The van der Waals surface area contributed by atoms with Gasteiger partial charge in [-0.1, -0.05) is 32.4 Å². The van der Waals surface area contributed by atoms with Crippen LogP contribution in [0, 0.1) is 5.41 Å². The maximum Gasteiger partial charge on any atom is 0.239 e. The van der Waals surface area contributed by atoms with Crippen LogP contribution in [0.15, 0.2) is 24.3 Å². The molecule has 4 nitrogen and oxygen atoms in total. The van der Waals surface area contributed by atoms with Gasteiger partial charge in [-0.2, -0.15) is 0 Å². The van der Waals surface area contributed by atoms with Crippen molar-refractivity contribution in [3.8, 4) is 5.75 Å². The highest BCUT2D eigenvalue weighted by atomic mass is 16.3. The van der Waals surface area contributed by atoms with E-state index >= 15 is 0 Å². The fourth-order valence-corrected chi connectivity index (χ4v) is 2.83. The maximum atomic E-state index is 12.4. The third-order valence-corrected chi connectivity index (χ3v) is 4.84. The number of piperidine rings is 1. The summed E-state index contributed by atoms with van der Waals surface area (Å²) in [6.07, 6.45) is 3.79. The average Bonchev–Trinajstić information content (AvgIpc) is 2.49. The van der Waals surface area contributed by atoms with Gasteiger partial charge in [-0.05, 0) is 42.4 Å². The zero-order valence-corrected chi connectivity index (χ0v) is 13.0. The van der Waals surface area contributed by atoms with Crippen LogP contribution < -0.4 is 5.73 Å². The first kappa shape index (κ1) is 15.8. The van der Waals surface area contributed by atoms with Gasteiger partial charge >= 0.3 is 0 Å². The Balaban J connectivity index is 1.90. The van der Waals surface area contributed by atoms with Crippen LogP contribution in [0.4, 0.5) is 0 Å². The van der Waals surface area contributed by atoms with Crippen LogP contribution in [-0.2, 0) is 11.2 Å². The van der Waals surface area contributed by atoms with E-state index in [1.165, 1.54) is 0 Å². The van der Waals surface area contributed by atoms with Crippen LogP contribution in [0.25, 0.3) is 0 Å². The zero-order valence-electron chi connectivity index (χ0n) is 13.0. The first-order chi connectivity index (χ1) is 9.93. The van der Waals surface area contributed by atoms with Crippen molar-refractivity contribution in [2.75, 3.05) is 13.1 Å². The molecule has 0 aliphatic carbocycles. The van der Waals surface area contributed by atoms with Crippen LogP contribution in [0.2, 0.25) is 0 Å². The lowest BCUT2D eigenvalue weighted by Crippen LogP contribution is -2.49. The molecule has 0 radical (unpaired) electrons. The number of phenols is 1. The molecule has 1 atom stereocenters. The molecule has 1 aromatic carbocycles. The van der Waals surface area contributed by atoms with E-state index in [2.05, 4.69) is 13.8 Å². The van der Waals surface area contributed by atoms with Crippen molar-refractivity contribution in [1.82, 2.24) is 4.90 Å². The summed E-state index contributed by atoms with van der Waals surface area (Å²) in [5.74, 6) is 0.273. The topological polar surface area (TPSA) is 66.6 Å². The summed E-state index contributed by atoms with van der Waals surface area (Å²) < 4.78 is 0. The Labute approximate surface area is 126 Å². The molecule has 1 aromatic rings. The van der Waals surface area contributed by atoms with Crippen LogP contribution in [0.1, 0.15) is 38.7 Å². The second kappa shape index (κ2) is 6.48. The van der Waals surface area contributed by atoms with E-state index in [4.69, 9.17) is 5.73 Å². The third-order valence-electron chi connectivity index (χ3n) is 4.84. The minimum Gasteiger partial charge on any atom is -0.508 e. The number of carbonyl (C=O) groups excluding carboxylic acids is 1. The molecular formula is C17H26N2O2. The SMILES string of the molecule is CCC1(C)CCN(C(=O)[C@@H](N)Cc2ccc(O)cc2)CC1. The van der Waals surface area contributed by atoms with Crippen molar-refractivity contribution in [3.63, 3.8) is 0 Å². The van der Waals surface area contributed by atoms with Crippen molar-refractivity contribution in [2.24, 2.45) is 11.1 Å². The van der Waals surface area contributed by atoms with Gasteiger partial charge in [-0.25, -0.2) is 0 Å². The van der Waals surface area contributed by atoms with E-state index in [1.807, 2.05) is 17.0 Å². The first-order valence-corrected chi connectivity index (χ1v) is 7.76. The fourth-order valence-electron chi connectivity index (χ4n) is 2.83. The Bertz CT molecular complexity index is 476. The van der Waals surface area contributed by atoms with Crippen LogP contribution in [-0.4, -0.2) is 35.0 Å². The van der Waals surface area contributed by atoms with E-state index in [0.29, 0.717) is 11.8 Å². The predicted octanol–water partition coefficient (Wildman–Crippen LogP) is 2.30. The van der Waals surface area contributed by atoms with Gasteiger partial charge in [-0.3, -0.25) is 4.79 Å². The van der Waals surface area contributed by atoms with Gasteiger partial charge < -0.3 is 15.7 Å². The molecule has 116 valence electrons. The van der Waals surface area contributed by atoms with Gasteiger partial charge in [0.2, 0.25) is 5.91 Å². The molecule has 0 bridgehead atoms. The Morgan fingerprint density at radius 3 is 2.43 bits per heavy atom. The van der Waals surface area contributed by atoms with E-state index < -0.39 is 6.04 Å². The van der Waals surface area contributed by atoms with Crippen molar-refractivity contribution < 1.29 is 9.90 Å². The lowest BCUT2D eigenvalue weighted by atomic mass is 9.78. The molecule has 1 heterocycles. The number of amides is 1. The number of nitrogens with two attached hydrogens (primary N) is 1. The highest BCUT2D eigenvalue weighted by Crippen LogP contribution is 2.34. The van der Waals surface area contributed by atoms with E-state index in [-0.39, 0.29) is 11.7 Å². The summed E-state index contributed by atoms with van der Waals surface area (Å²) in [4.78, 5) is 14.3. The fraction of sp³-hybridized carbons (Fsp3) is 0.588. The van der Waals surface area contributed by atoms with Crippen LogP contribution in [0.5, 0.6) is 5.75 Å². The molecular weight excluding hydrogens is 264 g/mol. The van der Waals surface area contributed by atoms with Crippen molar-refractivity contribution in [2.45, 2.75) is 45.6 Å². The van der Waals surface area contributed by atoms with Crippen molar-refractivity contribution in [1.29, 1.82) is 0 Å². The second-order valence-corrected chi connectivity index (χ2v) is 6.47. The molecule has 0 unspecified atom stereocenters. The molecule has 0 aromatic heterocycles. The molecule has 3 N–H and O–H groups in total. The smallest absolute Gasteiger partial charge is 0.239 e. The monoisotopic (exact) mass is 290 g/mol. The summed E-state index contributed by atoms with van der Waals surface area (Å²) in [6, 6.07) is 6.38. The Hall–Kier alpha value is -1.55. The number of rotatable bonds is 4. The first-order valence-electron chi connectivity index (χ1n) is 7.76. The maximum absolute atomic E-state index is 12.4. The van der Waals surface area contributed by atoms with Gasteiger partial charge in [-0.15, -0.1) is 0 Å². The molecule has 1 amide bonds. The Morgan fingerprint density at radius 2 is 1.90 bits per heavy atom.